The van der Waals surface area contributed by atoms with E-state index in [1.807, 2.05) is 6.92 Å². The lowest BCUT2D eigenvalue weighted by molar-refractivity contribution is 0.0926. The van der Waals surface area contributed by atoms with Crippen LogP contribution < -0.4 is 10.6 Å². The van der Waals surface area contributed by atoms with E-state index in [0.717, 1.165) is 17.0 Å². The summed E-state index contributed by atoms with van der Waals surface area (Å²) in [7, 11) is 0. The van der Waals surface area contributed by atoms with Crippen LogP contribution in [0.3, 0.4) is 0 Å². The Morgan fingerprint density at radius 1 is 1.37 bits per heavy atom. The summed E-state index contributed by atoms with van der Waals surface area (Å²) in [4.78, 5) is 29.0. The SMILES string of the molecule is Cc1nc(C(=O)NC2CCc3onc(C(=O)NCc4ccco4)c3C2)cs1. The highest BCUT2D eigenvalue weighted by atomic mass is 32.1. The molecule has 3 aromatic rings. The van der Waals surface area contributed by atoms with Crippen LogP contribution in [0.25, 0.3) is 0 Å². The van der Waals surface area contributed by atoms with Gasteiger partial charge < -0.3 is 19.6 Å². The second-order valence-corrected chi connectivity index (χ2v) is 7.42. The maximum atomic E-state index is 12.5. The average Bonchev–Trinajstić information content (AvgIpc) is 3.40. The second kappa shape index (κ2) is 7.36. The van der Waals surface area contributed by atoms with Gasteiger partial charge in [0.15, 0.2) is 5.69 Å². The highest BCUT2D eigenvalue weighted by molar-refractivity contribution is 7.09. The molecule has 2 N–H and O–H groups in total. The van der Waals surface area contributed by atoms with E-state index in [4.69, 9.17) is 8.94 Å². The lowest BCUT2D eigenvalue weighted by Gasteiger charge is -2.22. The van der Waals surface area contributed by atoms with Gasteiger partial charge in [0.25, 0.3) is 11.8 Å². The number of nitrogens with one attached hydrogen (secondary N) is 2. The third-order valence-electron chi connectivity index (χ3n) is 4.45. The predicted octanol–water partition coefficient (Wildman–Crippen LogP) is 2.25. The van der Waals surface area contributed by atoms with Crippen LogP contribution in [-0.4, -0.2) is 28.0 Å². The molecule has 3 aromatic heterocycles. The summed E-state index contributed by atoms with van der Waals surface area (Å²) in [6.07, 6.45) is 3.40. The lowest BCUT2D eigenvalue weighted by atomic mass is 9.91. The highest BCUT2D eigenvalue weighted by Crippen LogP contribution is 2.25. The maximum Gasteiger partial charge on any atom is 0.274 e. The molecule has 1 atom stereocenters. The molecule has 2 amide bonds. The standard InChI is InChI=1S/C18H18N4O4S/c1-10-20-14(9-27-10)17(23)21-11-4-5-15-13(7-11)16(22-26-15)18(24)19-8-12-3-2-6-25-12/h2-3,6,9,11H,4-5,7-8H2,1H3,(H,19,24)(H,21,23). The van der Waals surface area contributed by atoms with Crippen molar-refractivity contribution in [1.82, 2.24) is 20.8 Å². The molecular weight excluding hydrogens is 368 g/mol. The molecular formula is C18H18N4O4S. The van der Waals surface area contributed by atoms with E-state index in [9.17, 15) is 9.59 Å². The van der Waals surface area contributed by atoms with Gasteiger partial charge in [-0.05, 0) is 31.9 Å². The molecule has 1 aliphatic carbocycles. The molecule has 0 saturated heterocycles. The van der Waals surface area contributed by atoms with E-state index in [1.54, 1.807) is 23.8 Å². The summed E-state index contributed by atoms with van der Waals surface area (Å²) in [5.74, 6) is 0.837. The molecule has 1 unspecified atom stereocenters. The van der Waals surface area contributed by atoms with Crippen LogP contribution in [0.15, 0.2) is 32.7 Å². The molecule has 0 fully saturated rings. The van der Waals surface area contributed by atoms with Gasteiger partial charge in [0.05, 0.1) is 17.8 Å². The Hall–Kier alpha value is -2.94. The quantitative estimate of drug-likeness (QED) is 0.696. The van der Waals surface area contributed by atoms with E-state index in [2.05, 4.69) is 20.8 Å². The van der Waals surface area contributed by atoms with E-state index in [0.29, 0.717) is 30.1 Å². The summed E-state index contributed by atoms with van der Waals surface area (Å²) < 4.78 is 10.5. The molecule has 0 spiro atoms. The summed E-state index contributed by atoms with van der Waals surface area (Å²) in [6, 6.07) is 3.45. The van der Waals surface area contributed by atoms with Gasteiger partial charge in [-0.25, -0.2) is 4.98 Å². The van der Waals surface area contributed by atoms with Crippen molar-refractivity contribution in [1.29, 1.82) is 0 Å². The van der Waals surface area contributed by atoms with Crippen molar-refractivity contribution in [3.05, 3.63) is 57.3 Å². The van der Waals surface area contributed by atoms with Crippen LogP contribution in [0.2, 0.25) is 0 Å². The molecule has 1 aliphatic rings. The van der Waals surface area contributed by atoms with Crippen LogP contribution >= 0.6 is 11.3 Å². The second-order valence-electron chi connectivity index (χ2n) is 6.36. The molecule has 140 valence electrons. The number of carbonyl (C=O) groups is 2. The van der Waals surface area contributed by atoms with Crippen LogP contribution in [0.5, 0.6) is 0 Å². The van der Waals surface area contributed by atoms with Gasteiger partial charge in [0.1, 0.15) is 17.2 Å². The Morgan fingerprint density at radius 3 is 3.00 bits per heavy atom. The number of hydrogen-bond acceptors (Lipinski definition) is 7. The van der Waals surface area contributed by atoms with Gasteiger partial charge in [0, 0.05) is 23.4 Å². The summed E-state index contributed by atoms with van der Waals surface area (Å²) in [6.45, 7) is 2.13. The van der Waals surface area contributed by atoms with Crippen LogP contribution in [0.1, 0.15) is 49.5 Å². The summed E-state index contributed by atoms with van der Waals surface area (Å²) in [5.41, 5.74) is 1.43. The predicted molar refractivity (Wildman–Crippen MR) is 96.5 cm³/mol. The van der Waals surface area contributed by atoms with E-state index in [-0.39, 0.29) is 30.1 Å². The Morgan fingerprint density at radius 2 is 2.26 bits per heavy atom. The fourth-order valence-corrected chi connectivity index (χ4v) is 3.69. The molecule has 0 radical (unpaired) electrons. The zero-order valence-corrected chi connectivity index (χ0v) is 15.5. The number of aryl methyl sites for hydroxylation is 2. The van der Waals surface area contributed by atoms with Crippen LogP contribution in [0, 0.1) is 6.92 Å². The van der Waals surface area contributed by atoms with Gasteiger partial charge in [-0.15, -0.1) is 11.3 Å². The number of hydrogen-bond donors (Lipinski definition) is 2. The highest BCUT2D eigenvalue weighted by Gasteiger charge is 2.30. The number of furan rings is 1. The molecule has 0 saturated carbocycles. The topological polar surface area (TPSA) is 110 Å². The van der Waals surface area contributed by atoms with E-state index in [1.165, 1.54) is 11.3 Å². The molecule has 27 heavy (non-hydrogen) atoms. The maximum absolute atomic E-state index is 12.5. The van der Waals surface area contributed by atoms with E-state index >= 15 is 0 Å². The minimum Gasteiger partial charge on any atom is -0.467 e. The molecule has 8 nitrogen and oxygen atoms in total. The third-order valence-corrected chi connectivity index (χ3v) is 5.22. The Balaban J connectivity index is 1.42. The average molecular weight is 386 g/mol. The van der Waals surface area contributed by atoms with Crippen molar-refractivity contribution in [3.63, 3.8) is 0 Å². The Kier molecular flexibility index (Phi) is 4.76. The number of carbonyl (C=O) groups excluding carboxylic acids is 2. The lowest BCUT2D eigenvalue weighted by Crippen LogP contribution is -2.39. The first kappa shape index (κ1) is 17.5. The van der Waals surface area contributed by atoms with E-state index < -0.39 is 0 Å². The Bertz CT molecular complexity index is 960. The summed E-state index contributed by atoms with van der Waals surface area (Å²) >= 11 is 1.44. The van der Waals surface area contributed by atoms with Crippen LogP contribution in [-0.2, 0) is 19.4 Å². The first-order chi connectivity index (χ1) is 13.1. The first-order valence-electron chi connectivity index (χ1n) is 8.61. The van der Waals surface area contributed by atoms with Crippen molar-refractivity contribution in [2.75, 3.05) is 0 Å². The molecule has 3 heterocycles. The van der Waals surface area contributed by atoms with Crippen LogP contribution in [0.4, 0.5) is 0 Å². The molecule has 4 rings (SSSR count). The first-order valence-corrected chi connectivity index (χ1v) is 9.49. The number of nitrogens with zero attached hydrogens (tertiary/aromatic N) is 2. The van der Waals surface area contributed by atoms with Gasteiger partial charge in [-0.3, -0.25) is 9.59 Å². The normalized spacial score (nSPS) is 16.0. The summed E-state index contributed by atoms with van der Waals surface area (Å²) in [5, 5.41) is 12.3. The number of amides is 2. The minimum absolute atomic E-state index is 0.0944. The van der Waals surface area contributed by atoms with Gasteiger partial charge in [-0.2, -0.15) is 0 Å². The number of aromatic nitrogens is 2. The zero-order chi connectivity index (χ0) is 18.8. The monoisotopic (exact) mass is 386 g/mol. The fraction of sp³-hybridized carbons (Fsp3) is 0.333. The zero-order valence-electron chi connectivity index (χ0n) is 14.7. The number of rotatable bonds is 5. The van der Waals surface area contributed by atoms with Gasteiger partial charge in [0.2, 0.25) is 0 Å². The minimum atomic E-state index is -0.321. The molecule has 0 aliphatic heterocycles. The van der Waals surface area contributed by atoms with Crippen molar-refractivity contribution >= 4 is 23.2 Å². The van der Waals surface area contributed by atoms with Gasteiger partial charge >= 0.3 is 0 Å². The Labute approximate surface area is 159 Å². The molecule has 0 bridgehead atoms. The van der Waals surface area contributed by atoms with Crippen molar-refractivity contribution in [3.8, 4) is 0 Å². The smallest absolute Gasteiger partial charge is 0.274 e. The number of fused-ring (bicyclic) bond motifs is 1. The van der Waals surface area contributed by atoms with Crippen molar-refractivity contribution in [2.24, 2.45) is 0 Å². The largest absolute Gasteiger partial charge is 0.467 e. The molecule has 9 heteroatoms. The number of thiazole rings is 1. The third kappa shape index (κ3) is 3.77. The van der Waals surface area contributed by atoms with Crippen molar-refractivity contribution in [2.45, 2.75) is 38.8 Å². The molecule has 0 aromatic carbocycles. The van der Waals surface area contributed by atoms with Gasteiger partial charge in [-0.1, -0.05) is 5.16 Å². The fourth-order valence-electron chi connectivity index (χ4n) is 3.10. The van der Waals surface area contributed by atoms with Crippen molar-refractivity contribution < 1.29 is 18.5 Å².